The number of nitrogens with zero attached hydrogens (tertiary/aromatic N) is 2. The Hall–Kier alpha value is -1.92. The van der Waals surface area contributed by atoms with E-state index in [1.807, 2.05) is 18.2 Å². The number of methoxy groups -OCH3 is 1. The maximum absolute atomic E-state index is 11.0. The summed E-state index contributed by atoms with van der Waals surface area (Å²) in [5.74, 6) is 0.784. The van der Waals surface area contributed by atoms with Crippen LogP contribution in [0.5, 0.6) is 5.75 Å². The molecule has 0 aliphatic carbocycles. The molecule has 1 aromatic carbocycles. The molecule has 6 heteroatoms. The lowest BCUT2D eigenvalue weighted by Crippen LogP contribution is -2.46. The van der Waals surface area contributed by atoms with Gasteiger partial charge in [-0.1, -0.05) is 64.4 Å². The normalized spacial score (nSPS) is 13.7. The number of rotatable bonds is 18. The first-order valence-corrected chi connectivity index (χ1v) is 12.3. The van der Waals surface area contributed by atoms with Crippen molar-refractivity contribution in [1.29, 1.82) is 0 Å². The lowest BCUT2D eigenvalue weighted by molar-refractivity contribution is -0.923. The molecule has 182 valence electrons. The fourth-order valence-corrected chi connectivity index (χ4v) is 4.21. The van der Waals surface area contributed by atoms with Gasteiger partial charge >= 0.3 is 0 Å². The molecule has 1 rings (SSSR count). The Morgan fingerprint density at radius 3 is 2.19 bits per heavy atom. The standard InChI is InChI=1S/C26H45N2O4/c1-5-6-7-8-9-10-11-12-13-14-17-28(3,18-19-29)22-25-21-24(15-16-26(25)32-4)20-23(2)27(30)31/h15-16,20-21,29H,5-14,17-19,22H2,1-4H3/q+1/b23-20+. The monoisotopic (exact) mass is 449 g/mol. The van der Waals surface area contributed by atoms with E-state index in [4.69, 9.17) is 4.74 Å². The second kappa shape index (κ2) is 15.8. The Balaban J connectivity index is 2.64. The second-order valence-electron chi connectivity index (χ2n) is 9.24. The molecule has 0 saturated carbocycles. The Labute approximate surface area is 195 Å². The van der Waals surface area contributed by atoms with E-state index >= 15 is 0 Å². The molecule has 1 N–H and O–H groups in total. The molecule has 0 bridgehead atoms. The maximum atomic E-state index is 11.0. The van der Waals surface area contributed by atoms with Crippen molar-refractivity contribution in [2.24, 2.45) is 0 Å². The molecule has 0 heterocycles. The second-order valence-corrected chi connectivity index (χ2v) is 9.24. The molecule has 0 aliphatic heterocycles. The number of ether oxygens (including phenoxy) is 1. The largest absolute Gasteiger partial charge is 0.496 e. The van der Waals surface area contributed by atoms with Crippen molar-refractivity contribution in [2.45, 2.75) is 84.6 Å². The van der Waals surface area contributed by atoms with Gasteiger partial charge in [0, 0.05) is 18.6 Å². The molecule has 0 aromatic heterocycles. The third kappa shape index (κ3) is 11.1. The van der Waals surface area contributed by atoms with Crippen LogP contribution in [0, 0.1) is 10.1 Å². The minimum atomic E-state index is -0.374. The average Bonchev–Trinajstić information content (AvgIpc) is 2.75. The maximum Gasteiger partial charge on any atom is 0.243 e. The summed E-state index contributed by atoms with van der Waals surface area (Å²) in [4.78, 5) is 10.6. The summed E-state index contributed by atoms with van der Waals surface area (Å²) in [6, 6.07) is 5.68. The SMILES string of the molecule is CCCCCCCCCCCC[N+](C)(CCO)Cc1cc(/C=C(\C)[N+](=O)[O-])ccc1OC. The van der Waals surface area contributed by atoms with Crippen LogP contribution in [-0.2, 0) is 6.54 Å². The third-order valence-electron chi connectivity index (χ3n) is 6.21. The molecular formula is C26H45N2O4+. The molecular weight excluding hydrogens is 404 g/mol. The van der Waals surface area contributed by atoms with Crippen molar-refractivity contribution in [3.63, 3.8) is 0 Å². The van der Waals surface area contributed by atoms with Gasteiger partial charge in [-0.15, -0.1) is 0 Å². The summed E-state index contributed by atoms with van der Waals surface area (Å²) in [6.45, 7) is 6.28. The van der Waals surface area contributed by atoms with E-state index in [9.17, 15) is 15.2 Å². The molecule has 0 saturated heterocycles. The molecule has 0 amide bonds. The summed E-state index contributed by atoms with van der Waals surface area (Å²) in [6.07, 6.45) is 14.6. The van der Waals surface area contributed by atoms with E-state index < -0.39 is 0 Å². The van der Waals surface area contributed by atoms with Crippen molar-refractivity contribution >= 4 is 6.08 Å². The van der Waals surface area contributed by atoms with Crippen LogP contribution in [0.25, 0.3) is 6.08 Å². The minimum absolute atomic E-state index is 0.110. The molecule has 0 fully saturated rings. The predicted octanol–water partition coefficient (Wildman–Crippen LogP) is 6.19. The molecule has 0 aliphatic rings. The van der Waals surface area contributed by atoms with Crippen molar-refractivity contribution in [1.82, 2.24) is 0 Å². The van der Waals surface area contributed by atoms with Crippen LogP contribution in [0.4, 0.5) is 0 Å². The topological polar surface area (TPSA) is 72.6 Å². The number of nitro groups is 1. The van der Waals surface area contributed by atoms with E-state index in [2.05, 4.69) is 14.0 Å². The number of allylic oxidation sites excluding steroid dienone is 1. The molecule has 0 radical (unpaired) electrons. The van der Waals surface area contributed by atoms with Crippen molar-refractivity contribution in [3.8, 4) is 5.75 Å². The molecule has 32 heavy (non-hydrogen) atoms. The first-order chi connectivity index (χ1) is 15.3. The molecule has 6 nitrogen and oxygen atoms in total. The summed E-state index contributed by atoms with van der Waals surface area (Å²) >= 11 is 0. The van der Waals surface area contributed by atoms with E-state index in [0.717, 1.165) is 40.9 Å². The number of hydrogen-bond acceptors (Lipinski definition) is 4. The predicted molar refractivity (Wildman–Crippen MR) is 132 cm³/mol. The molecule has 1 unspecified atom stereocenters. The highest BCUT2D eigenvalue weighted by Crippen LogP contribution is 2.26. The number of aliphatic hydroxyl groups excluding tert-OH is 1. The number of unbranched alkanes of at least 4 members (excludes halogenated alkanes) is 9. The Morgan fingerprint density at radius 2 is 1.66 bits per heavy atom. The van der Waals surface area contributed by atoms with Crippen molar-refractivity contribution in [3.05, 3.63) is 45.1 Å². The molecule has 1 aromatic rings. The third-order valence-corrected chi connectivity index (χ3v) is 6.21. The Kier molecular flexibility index (Phi) is 13.9. The van der Waals surface area contributed by atoms with Gasteiger partial charge in [0.15, 0.2) is 0 Å². The quantitative estimate of drug-likeness (QED) is 0.125. The highest BCUT2D eigenvalue weighted by Gasteiger charge is 2.23. The van der Waals surface area contributed by atoms with Gasteiger partial charge in [-0.2, -0.15) is 0 Å². The highest BCUT2D eigenvalue weighted by atomic mass is 16.6. The van der Waals surface area contributed by atoms with Crippen LogP contribution in [0.3, 0.4) is 0 Å². The van der Waals surface area contributed by atoms with Gasteiger partial charge < -0.3 is 14.3 Å². The number of hydrogen-bond donors (Lipinski definition) is 1. The summed E-state index contributed by atoms with van der Waals surface area (Å²) < 4.78 is 6.28. The van der Waals surface area contributed by atoms with Gasteiger partial charge in [-0.3, -0.25) is 10.1 Å². The Morgan fingerprint density at radius 1 is 1.06 bits per heavy atom. The zero-order valence-corrected chi connectivity index (χ0v) is 20.8. The number of aliphatic hydroxyl groups is 1. The zero-order chi connectivity index (χ0) is 23.8. The van der Waals surface area contributed by atoms with Gasteiger partial charge in [0.25, 0.3) is 0 Å². The van der Waals surface area contributed by atoms with Crippen molar-refractivity contribution < 1.29 is 19.2 Å². The van der Waals surface area contributed by atoms with Crippen LogP contribution in [0.1, 0.15) is 89.2 Å². The van der Waals surface area contributed by atoms with E-state index in [1.165, 1.54) is 64.7 Å². The lowest BCUT2D eigenvalue weighted by Gasteiger charge is -2.34. The first-order valence-electron chi connectivity index (χ1n) is 12.3. The molecule has 1 atom stereocenters. The van der Waals surface area contributed by atoms with E-state index in [-0.39, 0.29) is 17.2 Å². The van der Waals surface area contributed by atoms with Crippen LogP contribution < -0.4 is 4.74 Å². The van der Waals surface area contributed by atoms with Crippen LogP contribution in [-0.4, -0.2) is 48.4 Å². The number of quaternary nitrogens is 1. The van der Waals surface area contributed by atoms with Gasteiger partial charge in [0.05, 0.1) is 32.2 Å². The van der Waals surface area contributed by atoms with E-state index in [0.29, 0.717) is 6.54 Å². The Bertz CT molecular complexity index is 705. The van der Waals surface area contributed by atoms with Gasteiger partial charge in [-0.05, 0) is 30.5 Å². The minimum Gasteiger partial charge on any atom is -0.496 e. The van der Waals surface area contributed by atoms with Gasteiger partial charge in [-0.25, -0.2) is 0 Å². The first kappa shape index (κ1) is 28.1. The number of likely N-dealkylation sites (N-methyl/N-ethyl adjacent to an activating group) is 1. The average molecular weight is 450 g/mol. The van der Waals surface area contributed by atoms with Crippen molar-refractivity contribution in [2.75, 3.05) is 33.9 Å². The van der Waals surface area contributed by atoms with Crippen LogP contribution in [0.15, 0.2) is 23.9 Å². The zero-order valence-electron chi connectivity index (χ0n) is 20.8. The molecule has 0 spiro atoms. The fraction of sp³-hybridized carbons (Fsp3) is 0.692. The fourth-order valence-electron chi connectivity index (χ4n) is 4.21. The van der Waals surface area contributed by atoms with E-state index in [1.54, 1.807) is 13.2 Å². The van der Waals surface area contributed by atoms with Crippen LogP contribution >= 0.6 is 0 Å². The summed E-state index contributed by atoms with van der Waals surface area (Å²) in [7, 11) is 3.82. The number of benzene rings is 1. The highest BCUT2D eigenvalue weighted by molar-refractivity contribution is 5.54. The summed E-state index contributed by atoms with van der Waals surface area (Å²) in [5.41, 5.74) is 1.92. The van der Waals surface area contributed by atoms with Gasteiger partial charge in [0.1, 0.15) is 18.8 Å². The van der Waals surface area contributed by atoms with Gasteiger partial charge in [0.2, 0.25) is 5.70 Å². The lowest BCUT2D eigenvalue weighted by atomic mass is 10.0. The van der Waals surface area contributed by atoms with Crippen LogP contribution in [0.2, 0.25) is 0 Å². The summed E-state index contributed by atoms with van der Waals surface area (Å²) in [5, 5.41) is 20.6. The smallest absolute Gasteiger partial charge is 0.243 e.